The first-order valence-electron chi connectivity index (χ1n) is 6.63. The smallest absolute Gasteiger partial charge is 0.156 e. The molecule has 1 unspecified atom stereocenters. The molecule has 1 atom stereocenters. The van der Waals surface area contributed by atoms with E-state index in [-0.39, 0.29) is 0 Å². The summed E-state index contributed by atoms with van der Waals surface area (Å²) in [4.78, 5) is 4.64. The second-order valence-electron chi connectivity index (χ2n) is 6.06. The molecule has 18 heavy (non-hydrogen) atoms. The van der Waals surface area contributed by atoms with E-state index in [9.17, 15) is 0 Å². The normalized spacial score (nSPS) is 24.8. The van der Waals surface area contributed by atoms with Gasteiger partial charge < -0.3 is 5.32 Å². The minimum absolute atomic E-state index is 0.360. The van der Waals surface area contributed by atoms with Crippen molar-refractivity contribution < 1.29 is 0 Å². The third-order valence-corrected chi connectivity index (χ3v) is 5.18. The van der Waals surface area contributed by atoms with Gasteiger partial charge in [-0.15, -0.1) is 0 Å². The van der Waals surface area contributed by atoms with Crippen LogP contribution in [0.3, 0.4) is 0 Å². The number of hydrogen-bond donors (Lipinski definition) is 1. The van der Waals surface area contributed by atoms with Crippen LogP contribution in [0, 0.1) is 5.41 Å². The number of nitrogens with one attached hydrogen (secondary N) is 1. The van der Waals surface area contributed by atoms with Crippen LogP contribution in [0.1, 0.15) is 30.9 Å². The van der Waals surface area contributed by atoms with Gasteiger partial charge in [0.05, 0.1) is 0 Å². The van der Waals surface area contributed by atoms with Gasteiger partial charge >= 0.3 is 0 Å². The lowest BCUT2D eigenvalue weighted by Gasteiger charge is -2.32. The quantitative estimate of drug-likeness (QED) is 0.884. The van der Waals surface area contributed by atoms with Crippen LogP contribution in [0.5, 0.6) is 0 Å². The fourth-order valence-electron chi connectivity index (χ4n) is 2.50. The van der Waals surface area contributed by atoms with E-state index in [0.29, 0.717) is 11.3 Å². The van der Waals surface area contributed by atoms with Crippen molar-refractivity contribution in [3.05, 3.63) is 35.4 Å². The van der Waals surface area contributed by atoms with Crippen molar-refractivity contribution in [1.29, 1.82) is 0 Å². The van der Waals surface area contributed by atoms with E-state index < -0.39 is 0 Å². The second kappa shape index (κ2) is 4.61. The summed E-state index contributed by atoms with van der Waals surface area (Å²) in [7, 11) is 0. The molecule has 3 rings (SSSR count). The zero-order valence-electron chi connectivity index (χ0n) is 11.1. The largest absolute Gasteiger partial charge is 0.364 e. The Kier molecular flexibility index (Phi) is 3.10. The number of aliphatic imine (C=N–C) groups is 1. The first kappa shape index (κ1) is 12.1. The first-order valence-corrected chi connectivity index (χ1v) is 7.61. The van der Waals surface area contributed by atoms with Gasteiger partial charge in [0.15, 0.2) is 5.17 Å². The molecule has 0 spiro atoms. The molecule has 96 valence electrons. The van der Waals surface area contributed by atoms with Crippen LogP contribution in [-0.2, 0) is 6.42 Å². The Morgan fingerprint density at radius 3 is 2.94 bits per heavy atom. The predicted octanol–water partition coefficient (Wildman–Crippen LogP) is 3.04. The molecule has 0 amide bonds. The lowest BCUT2D eigenvalue weighted by Crippen LogP contribution is -2.35. The fourth-order valence-corrected chi connectivity index (χ4v) is 3.46. The van der Waals surface area contributed by atoms with Crippen LogP contribution in [0.2, 0.25) is 0 Å². The van der Waals surface area contributed by atoms with Crippen molar-refractivity contribution in [2.45, 2.75) is 26.2 Å². The van der Waals surface area contributed by atoms with Crippen molar-refractivity contribution in [2.24, 2.45) is 10.4 Å². The Morgan fingerprint density at radius 2 is 2.22 bits per heavy atom. The van der Waals surface area contributed by atoms with Gasteiger partial charge in [0.25, 0.3) is 0 Å². The number of hydrogen-bond acceptors (Lipinski definition) is 3. The molecule has 1 aliphatic heterocycles. The topological polar surface area (TPSA) is 24.4 Å². The van der Waals surface area contributed by atoms with Crippen LogP contribution in [-0.4, -0.2) is 24.0 Å². The Morgan fingerprint density at radius 1 is 1.39 bits per heavy atom. The Labute approximate surface area is 113 Å². The number of benzene rings is 1. The number of nitrogens with zero attached hydrogens (tertiary/aromatic N) is 1. The molecule has 3 heteroatoms. The lowest BCUT2D eigenvalue weighted by atomic mass is 9.78. The highest BCUT2D eigenvalue weighted by Gasteiger charge is 2.27. The van der Waals surface area contributed by atoms with Gasteiger partial charge in [-0.05, 0) is 23.0 Å². The van der Waals surface area contributed by atoms with E-state index in [1.807, 2.05) is 11.8 Å². The van der Waals surface area contributed by atoms with Crippen LogP contribution in [0.25, 0.3) is 0 Å². The average molecular weight is 260 g/mol. The Bertz CT molecular complexity index is 479. The van der Waals surface area contributed by atoms with Crippen LogP contribution in [0.15, 0.2) is 29.3 Å². The molecule has 0 saturated heterocycles. The van der Waals surface area contributed by atoms with Gasteiger partial charge in [-0.25, -0.2) is 0 Å². The van der Waals surface area contributed by atoms with Crippen LogP contribution >= 0.6 is 11.8 Å². The van der Waals surface area contributed by atoms with Crippen molar-refractivity contribution >= 4 is 16.9 Å². The molecule has 1 aromatic carbocycles. The molecule has 0 bridgehead atoms. The summed E-state index contributed by atoms with van der Waals surface area (Å²) < 4.78 is 0. The lowest BCUT2D eigenvalue weighted by molar-refractivity contribution is 0.436. The van der Waals surface area contributed by atoms with Crippen molar-refractivity contribution in [1.82, 2.24) is 5.32 Å². The van der Waals surface area contributed by atoms with E-state index in [4.69, 9.17) is 0 Å². The molecule has 1 N–H and O–H groups in total. The maximum atomic E-state index is 4.64. The fraction of sp³-hybridized carbons (Fsp3) is 0.533. The van der Waals surface area contributed by atoms with Gasteiger partial charge in [-0.3, -0.25) is 4.99 Å². The molecule has 2 nitrogen and oxygen atoms in total. The van der Waals surface area contributed by atoms with Gasteiger partial charge in [0.2, 0.25) is 0 Å². The van der Waals surface area contributed by atoms with Crippen molar-refractivity contribution in [2.75, 3.05) is 18.8 Å². The average Bonchev–Trinajstić information content (AvgIpc) is 2.32. The predicted molar refractivity (Wildman–Crippen MR) is 79.4 cm³/mol. The van der Waals surface area contributed by atoms with E-state index >= 15 is 0 Å². The van der Waals surface area contributed by atoms with E-state index in [0.717, 1.165) is 18.3 Å². The zero-order chi connectivity index (χ0) is 12.6. The van der Waals surface area contributed by atoms with Gasteiger partial charge in [0.1, 0.15) is 0 Å². The summed E-state index contributed by atoms with van der Waals surface area (Å²) in [6.07, 6.45) is 1.21. The molecule has 0 fully saturated rings. The van der Waals surface area contributed by atoms with Gasteiger partial charge in [-0.1, -0.05) is 49.9 Å². The highest BCUT2D eigenvalue weighted by atomic mass is 32.2. The minimum Gasteiger partial charge on any atom is -0.364 e. The molecule has 0 radical (unpaired) electrons. The summed E-state index contributed by atoms with van der Waals surface area (Å²) in [6.45, 7) is 6.54. The first-order chi connectivity index (χ1) is 8.64. The third-order valence-electron chi connectivity index (χ3n) is 3.71. The molecule has 1 aliphatic carbocycles. The number of fused-ring (bicyclic) bond motifs is 1. The van der Waals surface area contributed by atoms with Gasteiger partial charge in [0, 0.05) is 24.8 Å². The minimum atomic E-state index is 0.360. The third kappa shape index (κ3) is 2.41. The number of amidine groups is 1. The molecular formula is C15H20N2S. The Hall–Kier alpha value is -0.960. The van der Waals surface area contributed by atoms with Crippen molar-refractivity contribution in [3.8, 4) is 0 Å². The highest BCUT2D eigenvalue weighted by molar-refractivity contribution is 8.13. The summed E-state index contributed by atoms with van der Waals surface area (Å²) in [5.74, 6) is 1.85. The SMILES string of the molecule is CC1(C)CN=C(NCC2Cc3ccccc32)SC1. The summed E-state index contributed by atoms with van der Waals surface area (Å²) >= 11 is 1.87. The summed E-state index contributed by atoms with van der Waals surface area (Å²) in [5.41, 5.74) is 3.40. The molecular weight excluding hydrogens is 240 g/mol. The number of thioether (sulfide) groups is 1. The van der Waals surface area contributed by atoms with Crippen molar-refractivity contribution in [3.63, 3.8) is 0 Å². The molecule has 1 aromatic rings. The van der Waals surface area contributed by atoms with E-state index in [2.05, 4.69) is 48.4 Å². The van der Waals surface area contributed by atoms with E-state index in [1.54, 1.807) is 0 Å². The van der Waals surface area contributed by atoms with Crippen LogP contribution < -0.4 is 5.32 Å². The second-order valence-corrected chi connectivity index (χ2v) is 7.02. The standard InChI is InChI=1S/C15H20N2S/c1-15(2)9-17-14(18-10-15)16-8-12-7-11-5-3-4-6-13(11)12/h3-6,12H,7-10H2,1-2H3,(H,16,17). The molecule has 2 aliphatic rings. The molecule has 0 saturated carbocycles. The molecule has 1 heterocycles. The number of rotatable bonds is 2. The zero-order valence-corrected chi connectivity index (χ0v) is 11.9. The summed E-state index contributed by atoms with van der Waals surface area (Å²) in [6, 6.07) is 8.76. The van der Waals surface area contributed by atoms with E-state index in [1.165, 1.54) is 23.3 Å². The summed E-state index contributed by atoms with van der Waals surface area (Å²) in [5, 5.41) is 4.65. The van der Waals surface area contributed by atoms with Crippen LogP contribution in [0.4, 0.5) is 0 Å². The monoisotopic (exact) mass is 260 g/mol. The van der Waals surface area contributed by atoms with Gasteiger partial charge in [-0.2, -0.15) is 0 Å². The Balaban J connectivity index is 1.54. The maximum absolute atomic E-state index is 4.64. The maximum Gasteiger partial charge on any atom is 0.156 e. The molecule has 0 aromatic heterocycles. The highest BCUT2D eigenvalue weighted by Crippen LogP contribution is 2.34.